The molecular weight excluding hydrogens is 577 g/mol. The molecule has 1 N–H and O–H groups in total. The number of amides is 1. The molecule has 1 aliphatic heterocycles. The van der Waals surface area contributed by atoms with E-state index < -0.39 is 5.82 Å². The SMILES string of the molecule is CN(C)CCNC(=O)[C@@H]1CCCN1Cc1ccc(-c2cc3nccc(Oc4ccc(CC(=O)CC5CC5)cc4F)c3s2)nc1. The van der Waals surface area contributed by atoms with Crippen LogP contribution < -0.4 is 10.1 Å². The quantitative estimate of drug-likeness (QED) is 0.202. The number of hydrogen-bond donors (Lipinski definition) is 1. The van der Waals surface area contributed by atoms with Crippen molar-refractivity contribution in [1.82, 2.24) is 25.1 Å². The molecule has 2 fully saturated rings. The van der Waals surface area contributed by atoms with Gasteiger partial charge in [0.2, 0.25) is 5.91 Å². The molecule has 1 saturated heterocycles. The standard InChI is InChI=1S/C34H38FN5O3S/c1-39(2)15-13-37-34(42)29-4-3-14-40(29)21-24-7-9-27(38-20-24)32-19-28-33(44-32)31(11-12-36-28)43-30-10-8-23(18-26(30)35)17-25(41)16-22-5-6-22/h7-12,18-20,22,29H,3-6,13-17,21H2,1-2H3,(H,37,42)/t29-/m0/s1. The molecule has 0 radical (unpaired) electrons. The normalized spacial score (nSPS) is 17.0. The van der Waals surface area contributed by atoms with Gasteiger partial charge < -0.3 is 15.0 Å². The maximum absolute atomic E-state index is 15.0. The molecule has 230 valence electrons. The third-order valence-electron chi connectivity index (χ3n) is 8.19. The van der Waals surface area contributed by atoms with Gasteiger partial charge in [0.15, 0.2) is 11.6 Å². The van der Waals surface area contributed by atoms with Gasteiger partial charge >= 0.3 is 0 Å². The number of hydrogen-bond acceptors (Lipinski definition) is 8. The number of nitrogens with one attached hydrogen (secondary N) is 1. The van der Waals surface area contributed by atoms with Crippen molar-refractivity contribution in [2.75, 3.05) is 33.7 Å². The van der Waals surface area contributed by atoms with Gasteiger partial charge in [-0.2, -0.15) is 0 Å². The van der Waals surface area contributed by atoms with Crippen LogP contribution in [-0.4, -0.2) is 71.2 Å². The predicted octanol–water partition coefficient (Wildman–Crippen LogP) is 5.84. The van der Waals surface area contributed by atoms with E-state index in [9.17, 15) is 14.0 Å². The number of ether oxygens (including phenoxy) is 1. The molecule has 0 bridgehead atoms. The van der Waals surface area contributed by atoms with Gasteiger partial charge in [-0.25, -0.2) is 4.39 Å². The van der Waals surface area contributed by atoms with Crippen molar-refractivity contribution >= 4 is 33.2 Å². The van der Waals surface area contributed by atoms with Crippen molar-refractivity contribution in [3.05, 3.63) is 71.8 Å². The third kappa shape index (κ3) is 7.49. The van der Waals surface area contributed by atoms with E-state index in [1.807, 2.05) is 32.4 Å². The molecule has 6 rings (SSSR count). The molecule has 1 saturated carbocycles. The van der Waals surface area contributed by atoms with E-state index in [0.29, 0.717) is 36.7 Å². The van der Waals surface area contributed by atoms with Crippen LogP contribution in [0.3, 0.4) is 0 Å². The molecule has 3 aromatic heterocycles. The van der Waals surface area contributed by atoms with Crippen LogP contribution in [0.25, 0.3) is 20.8 Å². The van der Waals surface area contributed by atoms with E-state index in [1.165, 1.54) is 17.4 Å². The highest BCUT2D eigenvalue weighted by atomic mass is 32.1. The first kappa shape index (κ1) is 30.3. The average molecular weight is 616 g/mol. The third-order valence-corrected chi connectivity index (χ3v) is 9.36. The number of likely N-dealkylation sites (N-methyl/N-ethyl adjacent to an activating group) is 1. The van der Waals surface area contributed by atoms with Crippen molar-refractivity contribution in [3.8, 4) is 22.1 Å². The monoisotopic (exact) mass is 615 g/mol. The minimum absolute atomic E-state index is 0.0968. The Labute approximate surface area is 261 Å². The first-order valence-electron chi connectivity index (χ1n) is 15.3. The first-order valence-corrected chi connectivity index (χ1v) is 16.1. The Hall–Kier alpha value is -3.73. The van der Waals surface area contributed by atoms with E-state index in [-0.39, 0.29) is 29.9 Å². The second-order valence-corrected chi connectivity index (χ2v) is 13.2. The summed E-state index contributed by atoms with van der Waals surface area (Å²) in [5.41, 5.74) is 3.28. The zero-order valence-electron chi connectivity index (χ0n) is 25.2. The van der Waals surface area contributed by atoms with Gasteiger partial charge in [0.25, 0.3) is 0 Å². The van der Waals surface area contributed by atoms with Gasteiger partial charge in [-0.1, -0.05) is 12.1 Å². The molecule has 0 spiro atoms. The Kier molecular flexibility index (Phi) is 9.30. The summed E-state index contributed by atoms with van der Waals surface area (Å²) in [5.74, 6) is 0.908. The number of fused-ring (bicyclic) bond motifs is 1. The molecule has 1 aromatic carbocycles. The lowest BCUT2D eigenvalue weighted by Crippen LogP contribution is -2.44. The summed E-state index contributed by atoms with van der Waals surface area (Å²) >= 11 is 1.49. The number of rotatable bonds is 13. The number of likely N-dealkylation sites (tertiary alicyclic amines) is 1. The Balaban J connectivity index is 1.11. The highest BCUT2D eigenvalue weighted by Gasteiger charge is 2.30. The number of carbonyl (C=O) groups is 2. The van der Waals surface area contributed by atoms with Crippen molar-refractivity contribution < 1.29 is 18.7 Å². The summed E-state index contributed by atoms with van der Waals surface area (Å²) in [6, 6.07) is 12.4. The zero-order chi connectivity index (χ0) is 30.6. The molecule has 4 aromatic rings. The molecule has 44 heavy (non-hydrogen) atoms. The zero-order valence-corrected chi connectivity index (χ0v) is 26.0. The number of nitrogens with zero attached hydrogens (tertiary/aromatic N) is 4. The fourth-order valence-electron chi connectivity index (χ4n) is 5.65. The summed E-state index contributed by atoms with van der Waals surface area (Å²) < 4.78 is 21.8. The highest BCUT2D eigenvalue weighted by molar-refractivity contribution is 7.22. The minimum atomic E-state index is -0.494. The molecule has 8 nitrogen and oxygen atoms in total. The van der Waals surface area contributed by atoms with Gasteiger partial charge in [-0.05, 0) is 87.6 Å². The molecule has 1 aliphatic carbocycles. The Morgan fingerprint density at radius 2 is 1.91 bits per heavy atom. The van der Waals surface area contributed by atoms with Gasteiger partial charge in [0.05, 0.1) is 26.8 Å². The van der Waals surface area contributed by atoms with Crippen LogP contribution in [0.4, 0.5) is 4.39 Å². The average Bonchev–Trinajstić information content (AvgIpc) is 3.49. The van der Waals surface area contributed by atoms with Crippen LogP contribution >= 0.6 is 11.3 Å². The van der Waals surface area contributed by atoms with Crippen LogP contribution in [0, 0.1) is 11.7 Å². The lowest BCUT2D eigenvalue weighted by Gasteiger charge is -2.24. The predicted molar refractivity (Wildman–Crippen MR) is 170 cm³/mol. The summed E-state index contributed by atoms with van der Waals surface area (Å²) in [7, 11) is 3.99. The smallest absolute Gasteiger partial charge is 0.237 e. The fraction of sp³-hybridized carbons (Fsp3) is 0.412. The largest absolute Gasteiger partial charge is 0.453 e. The number of carbonyl (C=O) groups excluding carboxylic acids is 2. The summed E-state index contributed by atoms with van der Waals surface area (Å²) in [5, 5.41) is 3.07. The van der Waals surface area contributed by atoms with Crippen LogP contribution in [-0.2, 0) is 22.6 Å². The molecule has 0 unspecified atom stereocenters. The highest BCUT2D eigenvalue weighted by Crippen LogP contribution is 2.39. The first-order chi connectivity index (χ1) is 21.3. The van der Waals surface area contributed by atoms with E-state index in [2.05, 4.69) is 26.2 Å². The number of halogens is 1. The summed E-state index contributed by atoms with van der Waals surface area (Å²) in [6.45, 7) is 3.02. The number of pyridine rings is 2. The van der Waals surface area contributed by atoms with Crippen molar-refractivity contribution in [2.24, 2.45) is 5.92 Å². The van der Waals surface area contributed by atoms with E-state index in [4.69, 9.17) is 9.72 Å². The number of ketones is 1. The fourth-order valence-corrected chi connectivity index (χ4v) is 6.69. The maximum Gasteiger partial charge on any atom is 0.237 e. The van der Waals surface area contributed by atoms with Crippen molar-refractivity contribution in [3.63, 3.8) is 0 Å². The minimum Gasteiger partial charge on any atom is -0.453 e. The number of Topliss-reactive ketones (excluding diaryl/α,β-unsaturated/α-hetero) is 1. The Morgan fingerprint density at radius 3 is 2.66 bits per heavy atom. The maximum atomic E-state index is 15.0. The lowest BCUT2D eigenvalue weighted by molar-refractivity contribution is -0.125. The molecule has 1 atom stereocenters. The van der Waals surface area contributed by atoms with Crippen molar-refractivity contribution in [2.45, 2.75) is 51.1 Å². The van der Waals surface area contributed by atoms with E-state index in [1.54, 1.807) is 24.4 Å². The van der Waals surface area contributed by atoms with E-state index in [0.717, 1.165) is 65.1 Å². The van der Waals surface area contributed by atoms with Gasteiger partial charge in [-0.3, -0.25) is 24.5 Å². The Bertz CT molecular complexity index is 1640. The summed E-state index contributed by atoms with van der Waals surface area (Å²) in [4.78, 5) is 39.4. The summed E-state index contributed by atoms with van der Waals surface area (Å²) in [6.07, 6.45) is 8.47. The number of aromatic nitrogens is 2. The number of thiophene rings is 1. The van der Waals surface area contributed by atoms with E-state index >= 15 is 0 Å². The molecule has 4 heterocycles. The Morgan fingerprint density at radius 1 is 1.07 bits per heavy atom. The van der Waals surface area contributed by atoms with Crippen LogP contribution in [0.15, 0.2) is 54.9 Å². The van der Waals surface area contributed by atoms with Crippen LogP contribution in [0.5, 0.6) is 11.5 Å². The number of benzene rings is 1. The van der Waals surface area contributed by atoms with Crippen molar-refractivity contribution in [1.29, 1.82) is 0 Å². The lowest BCUT2D eigenvalue weighted by atomic mass is 10.0. The second-order valence-electron chi connectivity index (χ2n) is 12.1. The topological polar surface area (TPSA) is 87.7 Å². The van der Waals surface area contributed by atoms with Crippen LogP contribution in [0.2, 0.25) is 0 Å². The van der Waals surface area contributed by atoms with Gasteiger partial charge in [0.1, 0.15) is 11.5 Å². The second kappa shape index (κ2) is 13.5. The van der Waals surface area contributed by atoms with Gasteiger partial charge in [-0.15, -0.1) is 11.3 Å². The molecule has 2 aliphatic rings. The molecule has 1 amide bonds. The molecule has 10 heteroatoms. The molecular formula is C34H38FN5O3S. The van der Waals surface area contributed by atoms with Crippen LogP contribution in [0.1, 0.15) is 43.2 Å². The van der Waals surface area contributed by atoms with Gasteiger partial charge in [0, 0.05) is 50.9 Å².